The van der Waals surface area contributed by atoms with Crippen molar-refractivity contribution in [2.75, 3.05) is 0 Å². The standard InChI is InChI=1S/C21H16N4OS/c26-21(19-12-7-13-27-19)23-22-14-17-15-25(18-10-5-2-6-11-18)24-20(17)16-8-3-1-4-9-16/h1-15H,(H,23,26). The van der Waals surface area contributed by atoms with Crippen LogP contribution in [0.15, 0.2) is 89.5 Å². The number of benzene rings is 2. The third kappa shape index (κ3) is 3.86. The Kier molecular flexibility index (Phi) is 4.89. The van der Waals surface area contributed by atoms with Crippen molar-refractivity contribution >= 4 is 23.5 Å². The molecule has 0 atom stereocenters. The van der Waals surface area contributed by atoms with Crippen molar-refractivity contribution in [1.82, 2.24) is 15.2 Å². The summed E-state index contributed by atoms with van der Waals surface area (Å²) in [6, 6.07) is 23.4. The zero-order valence-electron chi connectivity index (χ0n) is 14.3. The number of amides is 1. The molecule has 0 spiro atoms. The van der Waals surface area contributed by atoms with Crippen LogP contribution in [0.1, 0.15) is 15.2 Å². The molecule has 6 heteroatoms. The summed E-state index contributed by atoms with van der Waals surface area (Å²) in [7, 11) is 0. The molecule has 4 aromatic rings. The van der Waals surface area contributed by atoms with Crippen LogP contribution in [0.5, 0.6) is 0 Å². The van der Waals surface area contributed by atoms with Crippen LogP contribution in [0.25, 0.3) is 16.9 Å². The Hall–Kier alpha value is -3.51. The highest BCUT2D eigenvalue weighted by atomic mass is 32.1. The molecule has 0 unspecified atom stereocenters. The second kappa shape index (κ2) is 7.80. The van der Waals surface area contributed by atoms with Crippen molar-refractivity contribution in [2.45, 2.75) is 0 Å². The monoisotopic (exact) mass is 372 g/mol. The second-order valence-electron chi connectivity index (χ2n) is 5.76. The smallest absolute Gasteiger partial charge is 0.266 e. The predicted molar refractivity (Wildman–Crippen MR) is 108 cm³/mol. The number of rotatable bonds is 5. The number of hydrogen-bond acceptors (Lipinski definition) is 4. The highest BCUT2D eigenvalue weighted by Gasteiger charge is 2.11. The van der Waals surface area contributed by atoms with E-state index >= 15 is 0 Å². The van der Waals surface area contributed by atoms with Gasteiger partial charge in [-0.2, -0.15) is 10.2 Å². The number of carbonyl (C=O) groups excluding carboxylic acids is 1. The molecule has 1 N–H and O–H groups in total. The van der Waals surface area contributed by atoms with Crippen LogP contribution in [0, 0.1) is 0 Å². The summed E-state index contributed by atoms with van der Waals surface area (Å²) in [4.78, 5) is 12.7. The molecule has 2 aromatic carbocycles. The first-order valence-corrected chi connectivity index (χ1v) is 9.26. The molecule has 2 aromatic heterocycles. The van der Waals surface area contributed by atoms with E-state index in [-0.39, 0.29) is 5.91 Å². The van der Waals surface area contributed by atoms with Gasteiger partial charge in [0.25, 0.3) is 5.91 Å². The maximum Gasteiger partial charge on any atom is 0.281 e. The number of hydrogen-bond donors (Lipinski definition) is 1. The number of hydrazone groups is 1. The molecule has 0 aliphatic rings. The summed E-state index contributed by atoms with van der Waals surface area (Å²) in [5.74, 6) is -0.224. The van der Waals surface area contributed by atoms with Crippen LogP contribution < -0.4 is 5.43 Å². The Balaban J connectivity index is 1.65. The highest BCUT2D eigenvalue weighted by Crippen LogP contribution is 2.22. The van der Waals surface area contributed by atoms with Gasteiger partial charge in [-0.25, -0.2) is 10.1 Å². The first kappa shape index (κ1) is 16.9. The van der Waals surface area contributed by atoms with Gasteiger partial charge in [0.2, 0.25) is 0 Å². The normalized spacial score (nSPS) is 11.0. The summed E-state index contributed by atoms with van der Waals surface area (Å²) < 4.78 is 1.81. The van der Waals surface area contributed by atoms with Crippen molar-refractivity contribution in [3.05, 3.63) is 94.8 Å². The van der Waals surface area contributed by atoms with Crippen molar-refractivity contribution in [2.24, 2.45) is 5.10 Å². The average molecular weight is 372 g/mol. The number of para-hydroxylation sites is 1. The van der Waals surface area contributed by atoms with Gasteiger partial charge in [0.1, 0.15) is 5.69 Å². The van der Waals surface area contributed by atoms with Crippen LogP contribution in [-0.2, 0) is 0 Å². The maximum absolute atomic E-state index is 12.0. The van der Waals surface area contributed by atoms with Crippen LogP contribution in [0.2, 0.25) is 0 Å². The van der Waals surface area contributed by atoms with Gasteiger partial charge >= 0.3 is 0 Å². The average Bonchev–Trinajstić information content (AvgIpc) is 3.40. The lowest BCUT2D eigenvalue weighted by atomic mass is 10.1. The van der Waals surface area contributed by atoms with Gasteiger partial charge < -0.3 is 0 Å². The zero-order valence-corrected chi connectivity index (χ0v) is 15.1. The molecular formula is C21H16N4OS. The molecule has 0 saturated heterocycles. The summed E-state index contributed by atoms with van der Waals surface area (Å²) >= 11 is 1.38. The minimum atomic E-state index is -0.224. The fourth-order valence-corrected chi connectivity index (χ4v) is 3.25. The summed E-state index contributed by atoms with van der Waals surface area (Å²) in [6.07, 6.45) is 3.53. The van der Waals surface area contributed by atoms with E-state index in [0.29, 0.717) is 4.88 Å². The van der Waals surface area contributed by atoms with E-state index in [1.54, 1.807) is 12.3 Å². The molecule has 0 fully saturated rings. The fourth-order valence-electron chi connectivity index (χ4n) is 2.64. The highest BCUT2D eigenvalue weighted by molar-refractivity contribution is 7.12. The molecule has 4 rings (SSSR count). The molecule has 0 bridgehead atoms. The van der Waals surface area contributed by atoms with Crippen molar-refractivity contribution in [3.8, 4) is 16.9 Å². The maximum atomic E-state index is 12.0. The third-order valence-electron chi connectivity index (χ3n) is 3.93. The first-order valence-electron chi connectivity index (χ1n) is 8.39. The van der Waals surface area contributed by atoms with Crippen molar-refractivity contribution in [1.29, 1.82) is 0 Å². The molecule has 2 heterocycles. The molecular weight excluding hydrogens is 356 g/mol. The van der Waals surface area contributed by atoms with Crippen LogP contribution >= 0.6 is 11.3 Å². The SMILES string of the molecule is O=C(NN=Cc1cn(-c2ccccc2)nc1-c1ccccc1)c1cccs1. The van der Waals surface area contributed by atoms with Gasteiger partial charge in [0.05, 0.1) is 16.8 Å². The lowest BCUT2D eigenvalue weighted by Gasteiger charge is -2.00. The van der Waals surface area contributed by atoms with E-state index < -0.39 is 0 Å². The van der Waals surface area contributed by atoms with Gasteiger partial charge in [0.15, 0.2) is 0 Å². The van der Waals surface area contributed by atoms with Crippen LogP contribution in [0.4, 0.5) is 0 Å². The number of aromatic nitrogens is 2. The Labute approximate surface area is 160 Å². The number of thiophene rings is 1. The number of carbonyl (C=O) groups is 1. The van der Waals surface area contributed by atoms with Crippen LogP contribution in [-0.4, -0.2) is 21.9 Å². The van der Waals surface area contributed by atoms with Crippen LogP contribution in [0.3, 0.4) is 0 Å². The minimum Gasteiger partial charge on any atom is -0.266 e. The Bertz CT molecular complexity index is 1050. The third-order valence-corrected chi connectivity index (χ3v) is 4.79. The van der Waals surface area contributed by atoms with Crippen molar-refractivity contribution in [3.63, 3.8) is 0 Å². The molecule has 5 nitrogen and oxygen atoms in total. The Morgan fingerprint density at radius 2 is 1.74 bits per heavy atom. The number of nitrogens with one attached hydrogen (secondary N) is 1. The van der Waals surface area contributed by atoms with E-state index in [2.05, 4.69) is 10.5 Å². The Morgan fingerprint density at radius 3 is 2.44 bits per heavy atom. The second-order valence-corrected chi connectivity index (χ2v) is 6.70. The summed E-state index contributed by atoms with van der Waals surface area (Å²) in [5, 5.41) is 10.7. The van der Waals surface area contributed by atoms with E-state index in [9.17, 15) is 4.79 Å². The Morgan fingerprint density at radius 1 is 1.00 bits per heavy atom. The largest absolute Gasteiger partial charge is 0.281 e. The van der Waals surface area contributed by atoms with E-state index in [1.165, 1.54) is 11.3 Å². The molecule has 27 heavy (non-hydrogen) atoms. The van der Waals surface area contributed by atoms with Gasteiger partial charge in [-0.05, 0) is 23.6 Å². The summed E-state index contributed by atoms with van der Waals surface area (Å²) in [6.45, 7) is 0. The quantitative estimate of drug-likeness (QED) is 0.418. The molecule has 0 radical (unpaired) electrons. The predicted octanol–water partition coefficient (Wildman–Crippen LogP) is 4.36. The lowest BCUT2D eigenvalue weighted by molar-refractivity contribution is 0.0959. The van der Waals surface area contributed by atoms with Gasteiger partial charge in [-0.15, -0.1) is 11.3 Å². The van der Waals surface area contributed by atoms with Gasteiger partial charge in [-0.1, -0.05) is 54.6 Å². The molecule has 0 aliphatic carbocycles. The van der Waals surface area contributed by atoms with E-state index in [0.717, 1.165) is 22.5 Å². The molecule has 132 valence electrons. The molecule has 0 aliphatic heterocycles. The lowest BCUT2D eigenvalue weighted by Crippen LogP contribution is -2.16. The molecule has 1 amide bonds. The van der Waals surface area contributed by atoms with Crippen molar-refractivity contribution < 1.29 is 4.79 Å². The molecule has 0 saturated carbocycles. The van der Waals surface area contributed by atoms with E-state index in [4.69, 9.17) is 5.10 Å². The summed E-state index contributed by atoms with van der Waals surface area (Å²) in [5.41, 5.74) is 6.12. The van der Waals surface area contributed by atoms with E-state index in [1.807, 2.05) is 83.0 Å². The topological polar surface area (TPSA) is 59.3 Å². The fraction of sp³-hybridized carbons (Fsp3) is 0. The minimum absolute atomic E-state index is 0.224. The number of nitrogens with zero attached hydrogens (tertiary/aromatic N) is 3. The van der Waals surface area contributed by atoms with Gasteiger partial charge in [-0.3, -0.25) is 4.79 Å². The first-order chi connectivity index (χ1) is 13.3. The van der Waals surface area contributed by atoms with Gasteiger partial charge in [0, 0.05) is 17.3 Å². The zero-order chi connectivity index (χ0) is 18.5.